The van der Waals surface area contributed by atoms with Crippen molar-refractivity contribution in [2.75, 3.05) is 0 Å². The standard InChI is InChI=1S/C14H16N2O3/c1-9(2)14(17)7-10-3-4-13(16(18)19)12-8-15-6-5-11(10)12/h3-6,8-9,14,17H,7H2,1-2H3. The van der Waals surface area contributed by atoms with Crippen LogP contribution in [0.25, 0.3) is 10.8 Å². The van der Waals surface area contributed by atoms with Gasteiger partial charge in [-0.1, -0.05) is 19.9 Å². The second-order valence-corrected chi connectivity index (χ2v) is 4.94. The lowest BCUT2D eigenvalue weighted by atomic mass is 9.95. The lowest BCUT2D eigenvalue weighted by Crippen LogP contribution is -2.17. The number of rotatable bonds is 4. The average molecular weight is 260 g/mol. The smallest absolute Gasteiger partial charge is 0.278 e. The number of nitro benzene ring substituents is 1. The van der Waals surface area contributed by atoms with Gasteiger partial charge in [-0.25, -0.2) is 0 Å². The summed E-state index contributed by atoms with van der Waals surface area (Å²) in [5, 5.41) is 22.2. The van der Waals surface area contributed by atoms with Crippen LogP contribution in [0.2, 0.25) is 0 Å². The monoisotopic (exact) mass is 260 g/mol. The molecule has 1 heterocycles. The van der Waals surface area contributed by atoms with E-state index in [-0.39, 0.29) is 11.6 Å². The van der Waals surface area contributed by atoms with E-state index in [9.17, 15) is 15.2 Å². The Morgan fingerprint density at radius 2 is 2.05 bits per heavy atom. The van der Waals surface area contributed by atoms with Gasteiger partial charge in [0.15, 0.2) is 0 Å². The third-order valence-electron chi connectivity index (χ3n) is 3.28. The topological polar surface area (TPSA) is 76.3 Å². The summed E-state index contributed by atoms with van der Waals surface area (Å²) in [6.45, 7) is 3.89. The van der Waals surface area contributed by atoms with Crippen molar-refractivity contribution >= 4 is 16.5 Å². The number of hydrogen-bond donors (Lipinski definition) is 1. The molecule has 0 amide bonds. The minimum Gasteiger partial charge on any atom is -0.393 e. The molecule has 1 aromatic carbocycles. The molecule has 0 spiro atoms. The zero-order chi connectivity index (χ0) is 14.0. The van der Waals surface area contributed by atoms with Gasteiger partial charge in [-0.15, -0.1) is 0 Å². The summed E-state index contributed by atoms with van der Waals surface area (Å²) in [6.07, 6.45) is 3.13. The number of fused-ring (bicyclic) bond motifs is 1. The first-order chi connectivity index (χ1) is 9.00. The second kappa shape index (κ2) is 5.32. The van der Waals surface area contributed by atoms with Crippen molar-refractivity contribution in [2.45, 2.75) is 26.4 Å². The van der Waals surface area contributed by atoms with Gasteiger partial charge in [0.05, 0.1) is 16.4 Å². The minimum atomic E-state index is -0.460. The predicted octanol–water partition coefficient (Wildman–Crippen LogP) is 2.70. The minimum absolute atomic E-state index is 0.0471. The van der Waals surface area contributed by atoms with E-state index >= 15 is 0 Å². The van der Waals surface area contributed by atoms with E-state index in [2.05, 4.69) is 4.98 Å². The number of nitrogens with zero attached hydrogens (tertiary/aromatic N) is 2. The molecule has 2 rings (SSSR count). The van der Waals surface area contributed by atoms with Gasteiger partial charge in [-0.2, -0.15) is 0 Å². The molecule has 1 unspecified atom stereocenters. The molecule has 0 bridgehead atoms. The number of hydrogen-bond acceptors (Lipinski definition) is 4. The van der Waals surface area contributed by atoms with Crippen molar-refractivity contribution < 1.29 is 10.0 Å². The van der Waals surface area contributed by atoms with Crippen LogP contribution >= 0.6 is 0 Å². The normalized spacial score (nSPS) is 12.8. The second-order valence-electron chi connectivity index (χ2n) is 4.94. The molecular weight excluding hydrogens is 244 g/mol. The molecule has 2 aromatic rings. The summed E-state index contributed by atoms with van der Waals surface area (Å²) in [7, 11) is 0. The van der Waals surface area contributed by atoms with Crippen molar-refractivity contribution in [3.05, 3.63) is 46.3 Å². The van der Waals surface area contributed by atoms with Crippen LogP contribution in [0.4, 0.5) is 5.69 Å². The average Bonchev–Trinajstić information content (AvgIpc) is 2.38. The van der Waals surface area contributed by atoms with Gasteiger partial charge < -0.3 is 5.11 Å². The maximum Gasteiger partial charge on any atom is 0.278 e. The molecule has 0 aliphatic rings. The molecule has 5 heteroatoms. The zero-order valence-electron chi connectivity index (χ0n) is 10.9. The zero-order valence-corrected chi connectivity index (χ0v) is 10.9. The number of nitro groups is 1. The highest BCUT2D eigenvalue weighted by Gasteiger charge is 2.17. The summed E-state index contributed by atoms with van der Waals surface area (Å²) in [6, 6.07) is 4.95. The van der Waals surface area contributed by atoms with E-state index in [4.69, 9.17) is 0 Å². The molecule has 0 radical (unpaired) electrons. The van der Waals surface area contributed by atoms with Gasteiger partial charge in [-0.3, -0.25) is 15.1 Å². The van der Waals surface area contributed by atoms with E-state index in [1.165, 1.54) is 12.3 Å². The van der Waals surface area contributed by atoms with Gasteiger partial charge in [0.1, 0.15) is 0 Å². The first-order valence-corrected chi connectivity index (χ1v) is 6.18. The Labute approximate surface area is 111 Å². The van der Waals surface area contributed by atoms with E-state index in [0.717, 1.165) is 10.9 Å². The Morgan fingerprint density at radius 3 is 2.68 bits per heavy atom. The molecule has 0 aliphatic heterocycles. The van der Waals surface area contributed by atoms with Crippen LogP contribution in [0.5, 0.6) is 0 Å². The number of aliphatic hydroxyl groups is 1. The third-order valence-corrected chi connectivity index (χ3v) is 3.28. The molecule has 1 aromatic heterocycles. The molecule has 1 N–H and O–H groups in total. The van der Waals surface area contributed by atoms with Crippen LogP contribution < -0.4 is 0 Å². The summed E-state index contributed by atoms with van der Waals surface area (Å²) < 4.78 is 0. The summed E-state index contributed by atoms with van der Waals surface area (Å²) >= 11 is 0. The first kappa shape index (κ1) is 13.4. The lowest BCUT2D eigenvalue weighted by molar-refractivity contribution is -0.383. The Balaban J connectivity index is 2.53. The van der Waals surface area contributed by atoms with Crippen LogP contribution in [0.3, 0.4) is 0 Å². The summed E-state index contributed by atoms with van der Waals surface area (Å²) in [5.41, 5.74) is 0.954. The molecule has 1 atom stereocenters. The van der Waals surface area contributed by atoms with Crippen molar-refractivity contribution in [2.24, 2.45) is 5.92 Å². The van der Waals surface area contributed by atoms with E-state index in [1.54, 1.807) is 18.3 Å². The molecule has 0 saturated heterocycles. The largest absolute Gasteiger partial charge is 0.393 e. The van der Waals surface area contributed by atoms with Crippen molar-refractivity contribution in [3.8, 4) is 0 Å². The molecule has 0 aliphatic carbocycles. The van der Waals surface area contributed by atoms with Crippen molar-refractivity contribution in [3.63, 3.8) is 0 Å². The molecule has 19 heavy (non-hydrogen) atoms. The van der Waals surface area contributed by atoms with Crippen molar-refractivity contribution in [1.29, 1.82) is 0 Å². The number of non-ortho nitro benzene ring substituents is 1. The third kappa shape index (κ3) is 2.71. The van der Waals surface area contributed by atoms with Crippen LogP contribution in [-0.2, 0) is 6.42 Å². The molecular formula is C14H16N2O3. The van der Waals surface area contributed by atoms with Gasteiger partial charge in [0, 0.05) is 18.5 Å². The summed E-state index contributed by atoms with van der Waals surface area (Å²) in [4.78, 5) is 14.5. The van der Waals surface area contributed by atoms with Gasteiger partial charge in [0.2, 0.25) is 0 Å². The highest BCUT2D eigenvalue weighted by atomic mass is 16.6. The lowest BCUT2D eigenvalue weighted by Gasteiger charge is -2.15. The predicted molar refractivity (Wildman–Crippen MR) is 72.9 cm³/mol. The number of aromatic nitrogens is 1. The highest BCUT2D eigenvalue weighted by molar-refractivity contribution is 5.92. The Hall–Kier alpha value is -2.01. The van der Waals surface area contributed by atoms with E-state index < -0.39 is 11.0 Å². The van der Waals surface area contributed by atoms with Gasteiger partial charge >= 0.3 is 0 Å². The molecule has 0 fully saturated rings. The fourth-order valence-electron chi connectivity index (χ4n) is 2.04. The van der Waals surface area contributed by atoms with Crippen LogP contribution in [0.15, 0.2) is 30.6 Å². The highest BCUT2D eigenvalue weighted by Crippen LogP contribution is 2.28. The Morgan fingerprint density at radius 1 is 1.32 bits per heavy atom. The Bertz CT molecular complexity index is 611. The molecule has 0 saturated carbocycles. The van der Waals surface area contributed by atoms with Gasteiger partial charge in [0.25, 0.3) is 5.69 Å². The van der Waals surface area contributed by atoms with E-state index in [1.807, 2.05) is 13.8 Å². The van der Waals surface area contributed by atoms with Crippen LogP contribution in [-0.4, -0.2) is 21.1 Å². The first-order valence-electron chi connectivity index (χ1n) is 6.18. The number of pyridine rings is 1. The SMILES string of the molecule is CC(C)C(O)Cc1ccc([N+](=O)[O-])c2cnccc12. The van der Waals surface area contributed by atoms with Crippen LogP contribution in [0.1, 0.15) is 19.4 Å². The fourth-order valence-corrected chi connectivity index (χ4v) is 2.04. The summed E-state index contributed by atoms with van der Waals surface area (Å²) in [5.74, 6) is 0.145. The number of benzene rings is 1. The maximum atomic E-state index is 11.0. The molecule has 100 valence electrons. The van der Waals surface area contributed by atoms with Crippen LogP contribution in [0, 0.1) is 16.0 Å². The number of aliphatic hydroxyl groups excluding tert-OH is 1. The quantitative estimate of drug-likeness (QED) is 0.677. The maximum absolute atomic E-state index is 11.0. The Kier molecular flexibility index (Phi) is 3.76. The fraction of sp³-hybridized carbons (Fsp3) is 0.357. The van der Waals surface area contributed by atoms with Crippen molar-refractivity contribution in [1.82, 2.24) is 4.98 Å². The molecule has 5 nitrogen and oxygen atoms in total. The van der Waals surface area contributed by atoms with Gasteiger partial charge in [-0.05, 0) is 29.4 Å². The van der Waals surface area contributed by atoms with E-state index in [0.29, 0.717) is 11.8 Å².